The van der Waals surface area contributed by atoms with E-state index in [4.69, 9.17) is 5.11 Å². The maximum atomic E-state index is 10.8. The molecule has 0 saturated heterocycles. The van der Waals surface area contributed by atoms with Crippen molar-refractivity contribution in [3.63, 3.8) is 0 Å². The molecule has 0 bridgehead atoms. The summed E-state index contributed by atoms with van der Waals surface area (Å²) in [7, 11) is 0. The number of benzene rings is 1. The summed E-state index contributed by atoms with van der Waals surface area (Å²) >= 11 is 4.89. The fourth-order valence-corrected chi connectivity index (χ4v) is 2.20. The average Bonchev–Trinajstić information content (AvgIpc) is 2.16. The van der Waals surface area contributed by atoms with Gasteiger partial charge in [-0.25, -0.2) is 4.79 Å². The van der Waals surface area contributed by atoms with E-state index in [1.54, 1.807) is 23.9 Å². The first kappa shape index (κ1) is 11.6. The second-order valence-corrected chi connectivity index (χ2v) is 4.82. The van der Waals surface area contributed by atoms with Crippen LogP contribution in [0.2, 0.25) is 0 Å². The van der Waals surface area contributed by atoms with Crippen LogP contribution in [-0.4, -0.2) is 16.8 Å². The van der Waals surface area contributed by atoms with Crippen LogP contribution in [0.5, 0.6) is 0 Å². The predicted molar refractivity (Wildman–Crippen MR) is 62.1 cm³/mol. The second kappa shape index (κ2) is 5.41. The van der Waals surface area contributed by atoms with Gasteiger partial charge >= 0.3 is 5.97 Å². The maximum absolute atomic E-state index is 10.8. The first-order chi connectivity index (χ1) is 6.65. The number of thioether (sulfide) groups is 1. The Hall–Kier alpha value is -0.480. The Morgan fingerprint density at radius 1 is 1.57 bits per heavy atom. The van der Waals surface area contributed by atoms with Gasteiger partial charge in [-0.2, -0.15) is 0 Å². The molecular weight excluding hydrogens is 264 g/mol. The Morgan fingerprint density at radius 3 is 2.86 bits per heavy atom. The average molecular weight is 275 g/mol. The molecule has 0 heterocycles. The molecule has 1 N–H and O–H groups in total. The summed E-state index contributed by atoms with van der Waals surface area (Å²) in [6, 6.07) is 5.41. The third-order valence-electron chi connectivity index (χ3n) is 1.64. The van der Waals surface area contributed by atoms with Crippen molar-refractivity contribution in [3.05, 3.63) is 28.2 Å². The SMILES string of the molecule is CCCSc1ccc(Br)c(C(=O)O)c1. The topological polar surface area (TPSA) is 37.3 Å². The van der Waals surface area contributed by atoms with Crippen molar-refractivity contribution in [2.24, 2.45) is 0 Å². The van der Waals surface area contributed by atoms with E-state index in [2.05, 4.69) is 22.9 Å². The van der Waals surface area contributed by atoms with Crippen LogP contribution in [0.25, 0.3) is 0 Å². The van der Waals surface area contributed by atoms with Gasteiger partial charge in [-0.05, 0) is 46.3 Å². The van der Waals surface area contributed by atoms with Gasteiger partial charge in [0.25, 0.3) is 0 Å². The van der Waals surface area contributed by atoms with Gasteiger partial charge in [0.2, 0.25) is 0 Å². The molecule has 14 heavy (non-hydrogen) atoms. The molecule has 0 aliphatic rings. The van der Waals surface area contributed by atoms with Crippen molar-refractivity contribution in [1.29, 1.82) is 0 Å². The van der Waals surface area contributed by atoms with E-state index in [1.807, 2.05) is 6.07 Å². The second-order valence-electron chi connectivity index (χ2n) is 2.80. The Labute approximate surface area is 95.8 Å². The van der Waals surface area contributed by atoms with Gasteiger partial charge in [0, 0.05) is 9.37 Å². The number of carboxylic acids is 1. The smallest absolute Gasteiger partial charge is 0.336 e. The molecular formula is C10H11BrO2S. The Bertz CT molecular complexity index is 339. The van der Waals surface area contributed by atoms with Gasteiger partial charge in [0.1, 0.15) is 0 Å². The van der Waals surface area contributed by atoms with Crippen molar-refractivity contribution in [1.82, 2.24) is 0 Å². The number of halogens is 1. The largest absolute Gasteiger partial charge is 0.478 e. The van der Waals surface area contributed by atoms with E-state index >= 15 is 0 Å². The van der Waals surface area contributed by atoms with Crippen LogP contribution in [-0.2, 0) is 0 Å². The van der Waals surface area contributed by atoms with Crippen LogP contribution < -0.4 is 0 Å². The van der Waals surface area contributed by atoms with Crippen LogP contribution in [0.1, 0.15) is 23.7 Å². The lowest BCUT2D eigenvalue weighted by Crippen LogP contribution is -1.97. The third-order valence-corrected chi connectivity index (χ3v) is 3.53. The van der Waals surface area contributed by atoms with Crippen LogP contribution in [0.4, 0.5) is 0 Å². The van der Waals surface area contributed by atoms with E-state index in [-0.39, 0.29) is 0 Å². The molecule has 0 amide bonds. The fourth-order valence-electron chi connectivity index (χ4n) is 0.978. The standard InChI is InChI=1S/C10H11BrO2S/c1-2-5-14-7-3-4-9(11)8(6-7)10(12)13/h3-4,6H,2,5H2,1H3,(H,12,13). The maximum Gasteiger partial charge on any atom is 0.336 e. The fraction of sp³-hybridized carbons (Fsp3) is 0.300. The highest BCUT2D eigenvalue weighted by molar-refractivity contribution is 9.10. The summed E-state index contributed by atoms with van der Waals surface area (Å²) in [4.78, 5) is 11.8. The van der Waals surface area contributed by atoms with Gasteiger partial charge in [0.05, 0.1) is 5.56 Å². The number of hydrogen-bond donors (Lipinski definition) is 1. The van der Waals surface area contributed by atoms with E-state index in [1.165, 1.54) is 0 Å². The molecule has 0 unspecified atom stereocenters. The molecule has 0 aliphatic carbocycles. The zero-order chi connectivity index (χ0) is 10.6. The highest BCUT2D eigenvalue weighted by Gasteiger charge is 2.08. The zero-order valence-corrected chi connectivity index (χ0v) is 10.2. The monoisotopic (exact) mass is 274 g/mol. The van der Waals surface area contributed by atoms with E-state index < -0.39 is 5.97 Å². The zero-order valence-electron chi connectivity index (χ0n) is 7.79. The minimum absolute atomic E-state index is 0.325. The number of hydrogen-bond acceptors (Lipinski definition) is 2. The molecule has 76 valence electrons. The number of carbonyl (C=O) groups is 1. The molecule has 0 aliphatic heterocycles. The first-order valence-electron chi connectivity index (χ1n) is 4.30. The summed E-state index contributed by atoms with van der Waals surface area (Å²) in [5.74, 6) is 0.122. The molecule has 0 aromatic heterocycles. The molecule has 2 nitrogen and oxygen atoms in total. The molecule has 1 aromatic rings. The highest BCUT2D eigenvalue weighted by Crippen LogP contribution is 2.25. The summed E-state index contributed by atoms with van der Waals surface area (Å²) in [6.45, 7) is 2.10. The molecule has 1 rings (SSSR count). The molecule has 0 atom stereocenters. The number of aromatic carboxylic acids is 1. The van der Waals surface area contributed by atoms with Crippen molar-refractivity contribution >= 4 is 33.7 Å². The highest BCUT2D eigenvalue weighted by atomic mass is 79.9. The molecule has 0 spiro atoms. The summed E-state index contributed by atoms with van der Waals surface area (Å²) in [6.07, 6.45) is 1.09. The molecule has 0 fully saturated rings. The van der Waals surface area contributed by atoms with Crippen molar-refractivity contribution in [2.75, 3.05) is 5.75 Å². The molecule has 1 aromatic carbocycles. The number of carboxylic acid groups (broad SMARTS) is 1. The van der Waals surface area contributed by atoms with Gasteiger partial charge in [0.15, 0.2) is 0 Å². The summed E-state index contributed by atoms with van der Waals surface area (Å²) in [5, 5.41) is 8.88. The van der Waals surface area contributed by atoms with Crippen LogP contribution >= 0.6 is 27.7 Å². The van der Waals surface area contributed by atoms with Crippen LogP contribution in [0, 0.1) is 0 Å². The number of rotatable bonds is 4. The van der Waals surface area contributed by atoms with E-state index in [0.29, 0.717) is 10.0 Å². The predicted octanol–water partition coefficient (Wildman–Crippen LogP) is 3.65. The van der Waals surface area contributed by atoms with Gasteiger partial charge in [-0.3, -0.25) is 0 Å². The van der Waals surface area contributed by atoms with Crippen molar-refractivity contribution in [2.45, 2.75) is 18.2 Å². The third kappa shape index (κ3) is 3.03. The Morgan fingerprint density at radius 2 is 2.29 bits per heavy atom. The molecule has 0 saturated carbocycles. The van der Waals surface area contributed by atoms with Crippen LogP contribution in [0.3, 0.4) is 0 Å². The Balaban J connectivity index is 2.89. The minimum Gasteiger partial charge on any atom is -0.478 e. The van der Waals surface area contributed by atoms with E-state index in [9.17, 15) is 4.79 Å². The van der Waals surface area contributed by atoms with Gasteiger partial charge in [-0.1, -0.05) is 6.92 Å². The van der Waals surface area contributed by atoms with E-state index in [0.717, 1.165) is 17.1 Å². The lowest BCUT2D eigenvalue weighted by atomic mass is 10.2. The summed E-state index contributed by atoms with van der Waals surface area (Å²) < 4.78 is 0.630. The van der Waals surface area contributed by atoms with Crippen molar-refractivity contribution < 1.29 is 9.90 Å². The van der Waals surface area contributed by atoms with Crippen LogP contribution in [0.15, 0.2) is 27.6 Å². The normalized spacial score (nSPS) is 10.1. The van der Waals surface area contributed by atoms with Gasteiger partial charge in [-0.15, -0.1) is 11.8 Å². The lowest BCUT2D eigenvalue weighted by Gasteiger charge is -2.03. The quantitative estimate of drug-likeness (QED) is 0.852. The Kier molecular flexibility index (Phi) is 4.48. The van der Waals surface area contributed by atoms with Gasteiger partial charge < -0.3 is 5.11 Å². The lowest BCUT2D eigenvalue weighted by molar-refractivity contribution is 0.0695. The molecule has 0 radical (unpaired) electrons. The first-order valence-corrected chi connectivity index (χ1v) is 6.08. The summed E-state index contributed by atoms with van der Waals surface area (Å²) in [5.41, 5.74) is 0.325. The van der Waals surface area contributed by atoms with Crippen molar-refractivity contribution in [3.8, 4) is 0 Å². The minimum atomic E-state index is -0.893. The molecule has 4 heteroatoms.